The SMILES string of the molecule is Cc1cc(C)c(C(=O)NC2CC2)cc1C. The Morgan fingerprint density at radius 1 is 1.13 bits per heavy atom. The van der Waals surface area contributed by atoms with E-state index < -0.39 is 0 Å². The summed E-state index contributed by atoms with van der Waals surface area (Å²) < 4.78 is 0. The molecule has 0 unspecified atom stereocenters. The molecule has 1 aliphatic carbocycles. The maximum absolute atomic E-state index is 11.9. The number of hydrogen-bond donors (Lipinski definition) is 1. The van der Waals surface area contributed by atoms with Gasteiger partial charge in [0.25, 0.3) is 5.91 Å². The summed E-state index contributed by atoms with van der Waals surface area (Å²) in [5, 5.41) is 3.02. The summed E-state index contributed by atoms with van der Waals surface area (Å²) in [5.74, 6) is 0.0816. The van der Waals surface area contributed by atoms with Gasteiger partial charge in [0.05, 0.1) is 0 Å². The summed E-state index contributed by atoms with van der Waals surface area (Å²) in [5.41, 5.74) is 4.32. The van der Waals surface area contributed by atoms with Gasteiger partial charge in [0, 0.05) is 11.6 Å². The fraction of sp³-hybridized carbons (Fsp3) is 0.462. The topological polar surface area (TPSA) is 29.1 Å². The van der Waals surface area contributed by atoms with Crippen LogP contribution >= 0.6 is 0 Å². The number of carbonyl (C=O) groups is 1. The van der Waals surface area contributed by atoms with Gasteiger partial charge in [0.15, 0.2) is 0 Å². The monoisotopic (exact) mass is 203 g/mol. The van der Waals surface area contributed by atoms with Gasteiger partial charge in [-0.1, -0.05) is 6.07 Å². The van der Waals surface area contributed by atoms with E-state index >= 15 is 0 Å². The Hall–Kier alpha value is -1.31. The molecule has 1 saturated carbocycles. The van der Waals surface area contributed by atoms with Gasteiger partial charge >= 0.3 is 0 Å². The average molecular weight is 203 g/mol. The van der Waals surface area contributed by atoms with Crippen LogP contribution in [0.2, 0.25) is 0 Å². The lowest BCUT2D eigenvalue weighted by molar-refractivity contribution is 0.0950. The number of benzene rings is 1. The molecule has 0 aliphatic heterocycles. The molecular formula is C13H17NO. The minimum atomic E-state index is 0.0816. The molecule has 1 aromatic carbocycles. The lowest BCUT2D eigenvalue weighted by Gasteiger charge is -2.09. The van der Waals surface area contributed by atoms with E-state index in [1.807, 2.05) is 19.9 Å². The van der Waals surface area contributed by atoms with Crippen molar-refractivity contribution >= 4 is 5.91 Å². The first-order valence-electron chi connectivity index (χ1n) is 5.46. The van der Waals surface area contributed by atoms with E-state index in [2.05, 4.69) is 18.3 Å². The maximum Gasteiger partial charge on any atom is 0.251 e. The second kappa shape index (κ2) is 3.69. The molecule has 1 aromatic rings. The normalized spacial score (nSPS) is 15.1. The van der Waals surface area contributed by atoms with E-state index in [4.69, 9.17) is 0 Å². The van der Waals surface area contributed by atoms with Gasteiger partial charge in [-0.05, 0) is 56.4 Å². The molecule has 0 bridgehead atoms. The third-order valence-corrected chi connectivity index (χ3v) is 3.00. The lowest BCUT2D eigenvalue weighted by Crippen LogP contribution is -2.26. The Morgan fingerprint density at radius 2 is 1.73 bits per heavy atom. The fourth-order valence-electron chi connectivity index (χ4n) is 1.70. The minimum Gasteiger partial charge on any atom is -0.349 e. The second-order valence-electron chi connectivity index (χ2n) is 4.50. The first kappa shape index (κ1) is 10.2. The molecule has 2 heteroatoms. The zero-order valence-electron chi connectivity index (χ0n) is 9.55. The Morgan fingerprint density at radius 3 is 2.33 bits per heavy atom. The van der Waals surface area contributed by atoms with Crippen LogP contribution in [0.4, 0.5) is 0 Å². The number of hydrogen-bond acceptors (Lipinski definition) is 1. The molecule has 2 nitrogen and oxygen atoms in total. The third-order valence-electron chi connectivity index (χ3n) is 3.00. The Balaban J connectivity index is 2.25. The van der Waals surface area contributed by atoms with Crippen LogP contribution in [0.3, 0.4) is 0 Å². The van der Waals surface area contributed by atoms with E-state index in [-0.39, 0.29) is 5.91 Å². The number of carbonyl (C=O) groups excluding carboxylic acids is 1. The number of amides is 1. The first-order chi connectivity index (χ1) is 7.08. The minimum absolute atomic E-state index is 0.0816. The van der Waals surface area contributed by atoms with E-state index in [1.165, 1.54) is 11.1 Å². The van der Waals surface area contributed by atoms with E-state index in [0.717, 1.165) is 24.0 Å². The van der Waals surface area contributed by atoms with Crippen molar-refractivity contribution in [1.29, 1.82) is 0 Å². The van der Waals surface area contributed by atoms with Crippen molar-refractivity contribution in [3.05, 3.63) is 34.4 Å². The van der Waals surface area contributed by atoms with Crippen LogP contribution in [-0.2, 0) is 0 Å². The Bertz CT molecular complexity index is 405. The fourth-order valence-corrected chi connectivity index (χ4v) is 1.70. The molecule has 0 heterocycles. The van der Waals surface area contributed by atoms with E-state index in [9.17, 15) is 4.79 Å². The van der Waals surface area contributed by atoms with Crippen LogP contribution < -0.4 is 5.32 Å². The van der Waals surface area contributed by atoms with Crippen LogP contribution in [0.25, 0.3) is 0 Å². The predicted molar refractivity (Wildman–Crippen MR) is 61.1 cm³/mol. The summed E-state index contributed by atoms with van der Waals surface area (Å²) in [6.45, 7) is 6.11. The molecule has 1 amide bonds. The smallest absolute Gasteiger partial charge is 0.251 e. The molecule has 1 N–H and O–H groups in total. The molecule has 2 rings (SSSR count). The summed E-state index contributed by atoms with van der Waals surface area (Å²) >= 11 is 0. The summed E-state index contributed by atoms with van der Waals surface area (Å²) in [4.78, 5) is 11.9. The zero-order valence-corrected chi connectivity index (χ0v) is 9.55. The van der Waals surface area contributed by atoms with Gasteiger partial charge in [0.1, 0.15) is 0 Å². The molecule has 0 radical (unpaired) electrons. The molecule has 80 valence electrons. The highest BCUT2D eigenvalue weighted by atomic mass is 16.1. The van der Waals surface area contributed by atoms with Gasteiger partial charge in [-0.15, -0.1) is 0 Å². The van der Waals surface area contributed by atoms with Crippen molar-refractivity contribution in [2.75, 3.05) is 0 Å². The molecule has 0 spiro atoms. The van der Waals surface area contributed by atoms with Crippen LogP contribution in [0.5, 0.6) is 0 Å². The van der Waals surface area contributed by atoms with Gasteiger partial charge < -0.3 is 5.32 Å². The molecule has 0 atom stereocenters. The predicted octanol–water partition coefficient (Wildman–Crippen LogP) is 2.50. The number of aryl methyl sites for hydroxylation is 3. The molecule has 1 fully saturated rings. The number of rotatable bonds is 2. The molecular weight excluding hydrogens is 186 g/mol. The Labute approximate surface area is 90.7 Å². The van der Waals surface area contributed by atoms with E-state index in [0.29, 0.717) is 6.04 Å². The van der Waals surface area contributed by atoms with Gasteiger partial charge in [-0.3, -0.25) is 4.79 Å². The molecule has 0 saturated heterocycles. The molecule has 0 aromatic heterocycles. The first-order valence-corrected chi connectivity index (χ1v) is 5.46. The summed E-state index contributed by atoms with van der Waals surface area (Å²) in [6.07, 6.45) is 2.27. The van der Waals surface area contributed by atoms with Crippen LogP contribution in [0.1, 0.15) is 39.9 Å². The van der Waals surface area contributed by atoms with Crippen LogP contribution in [-0.4, -0.2) is 11.9 Å². The highest BCUT2D eigenvalue weighted by Gasteiger charge is 2.24. The number of nitrogens with one attached hydrogen (secondary N) is 1. The van der Waals surface area contributed by atoms with Gasteiger partial charge in [-0.25, -0.2) is 0 Å². The van der Waals surface area contributed by atoms with E-state index in [1.54, 1.807) is 0 Å². The third kappa shape index (κ3) is 2.20. The van der Waals surface area contributed by atoms with Crippen molar-refractivity contribution in [2.24, 2.45) is 0 Å². The van der Waals surface area contributed by atoms with Crippen molar-refractivity contribution < 1.29 is 4.79 Å². The zero-order chi connectivity index (χ0) is 11.0. The van der Waals surface area contributed by atoms with Gasteiger partial charge in [-0.2, -0.15) is 0 Å². The lowest BCUT2D eigenvalue weighted by atomic mass is 10.0. The van der Waals surface area contributed by atoms with Crippen molar-refractivity contribution in [3.63, 3.8) is 0 Å². The quantitative estimate of drug-likeness (QED) is 0.786. The average Bonchev–Trinajstić information content (AvgIpc) is 2.95. The summed E-state index contributed by atoms with van der Waals surface area (Å²) in [6, 6.07) is 4.50. The molecule has 1 aliphatic rings. The van der Waals surface area contributed by atoms with Gasteiger partial charge in [0.2, 0.25) is 0 Å². The maximum atomic E-state index is 11.9. The van der Waals surface area contributed by atoms with Crippen LogP contribution in [0, 0.1) is 20.8 Å². The van der Waals surface area contributed by atoms with Crippen molar-refractivity contribution in [3.8, 4) is 0 Å². The highest BCUT2D eigenvalue weighted by molar-refractivity contribution is 5.96. The summed E-state index contributed by atoms with van der Waals surface area (Å²) in [7, 11) is 0. The second-order valence-corrected chi connectivity index (χ2v) is 4.50. The molecule has 15 heavy (non-hydrogen) atoms. The standard InChI is InChI=1S/C13H17NO/c1-8-6-10(3)12(7-9(8)2)13(15)14-11-4-5-11/h6-7,11H,4-5H2,1-3H3,(H,14,15). The Kier molecular flexibility index (Phi) is 2.51. The highest BCUT2D eigenvalue weighted by Crippen LogP contribution is 2.21. The largest absolute Gasteiger partial charge is 0.349 e. The van der Waals surface area contributed by atoms with Crippen molar-refractivity contribution in [2.45, 2.75) is 39.7 Å². The van der Waals surface area contributed by atoms with Crippen LogP contribution in [0.15, 0.2) is 12.1 Å². The van der Waals surface area contributed by atoms with Crippen molar-refractivity contribution in [1.82, 2.24) is 5.32 Å².